The van der Waals surface area contributed by atoms with E-state index < -0.39 is 0 Å². The average molecular weight is 315 g/mol. The Bertz CT molecular complexity index is 805. The predicted molar refractivity (Wildman–Crippen MR) is 87.7 cm³/mol. The molecule has 0 unspecified atom stereocenters. The monoisotopic (exact) mass is 315 g/mol. The van der Waals surface area contributed by atoms with E-state index in [2.05, 4.69) is 5.32 Å². The number of carbonyl (C=O) groups excluding carboxylic acids is 1. The molecule has 114 valence electrons. The van der Waals surface area contributed by atoms with Gasteiger partial charge in [0.2, 0.25) is 0 Å². The Balaban J connectivity index is 1.89. The Morgan fingerprint density at radius 2 is 2.18 bits per heavy atom. The van der Waals surface area contributed by atoms with E-state index in [0.717, 1.165) is 21.6 Å². The van der Waals surface area contributed by atoms with Crippen molar-refractivity contribution in [1.82, 2.24) is 5.32 Å². The predicted octanol–water partition coefficient (Wildman–Crippen LogP) is 4.30. The molecule has 3 aromatic rings. The molecule has 1 N–H and O–H groups in total. The highest BCUT2D eigenvalue weighted by molar-refractivity contribution is 7.10. The Morgan fingerprint density at radius 3 is 2.86 bits per heavy atom. The summed E-state index contributed by atoms with van der Waals surface area (Å²) >= 11 is 1.62. The minimum Gasteiger partial charge on any atom is -0.497 e. The molecule has 0 aliphatic heterocycles. The van der Waals surface area contributed by atoms with E-state index in [9.17, 15) is 4.79 Å². The summed E-state index contributed by atoms with van der Waals surface area (Å²) < 4.78 is 10.9. The first-order valence-corrected chi connectivity index (χ1v) is 7.89. The Labute approximate surface area is 132 Å². The van der Waals surface area contributed by atoms with Gasteiger partial charge in [-0.15, -0.1) is 11.3 Å². The molecule has 4 nitrogen and oxygen atoms in total. The van der Waals surface area contributed by atoms with Crippen LogP contribution in [0.1, 0.15) is 34.0 Å². The van der Waals surface area contributed by atoms with E-state index in [1.807, 2.05) is 49.6 Å². The molecule has 0 saturated carbocycles. The van der Waals surface area contributed by atoms with Gasteiger partial charge >= 0.3 is 0 Å². The molecule has 0 aliphatic carbocycles. The van der Waals surface area contributed by atoms with Crippen LogP contribution in [0.2, 0.25) is 0 Å². The van der Waals surface area contributed by atoms with Crippen molar-refractivity contribution >= 4 is 28.2 Å². The summed E-state index contributed by atoms with van der Waals surface area (Å²) in [5.74, 6) is 0.899. The third-order valence-corrected chi connectivity index (χ3v) is 4.72. The second kappa shape index (κ2) is 5.85. The number of fused-ring (bicyclic) bond motifs is 1. The quantitative estimate of drug-likeness (QED) is 0.781. The number of carbonyl (C=O) groups is 1. The third-order valence-electron chi connectivity index (χ3n) is 3.67. The van der Waals surface area contributed by atoms with Gasteiger partial charge in [-0.05, 0) is 43.5 Å². The fraction of sp³-hybridized carbons (Fsp3) is 0.235. The Hall–Kier alpha value is -2.27. The van der Waals surface area contributed by atoms with E-state index in [0.29, 0.717) is 11.3 Å². The maximum absolute atomic E-state index is 12.5. The number of furan rings is 1. The Morgan fingerprint density at radius 1 is 1.36 bits per heavy atom. The first-order chi connectivity index (χ1) is 10.6. The minimum atomic E-state index is -0.200. The number of hydrogen-bond acceptors (Lipinski definition) is 4. The van der Waals surface area contributed by atoms with E-state index in [4.69, 9.17) is 9.15 Å². The standard InChI is InChI=1S/C17H17NO3S/c1-10-13-9-12(20-3)6-7-14(13)21-16(10)17(19)18-11(2)15-5-4-8-22-15/h4-9,11H,1-3H3,(H,18,19)/t11-/m1/s1. The summed E-state index contributed by atoms with van der Waals surface area (Å²) in [7, 11) is 1.62. The van der Waals surface area contributed by atoms with Gasteiger partial charge < -0.3 is 14.5 Å². The maximum Gasteiger partial charge on any atom is 0.287 e. The summed E-state index contributed by atoms with van der Waals surface area (Å²) in [6, 6.07) is 9.46. The normalized spacial score (nSPS) is 12.3. The van der Waals surface area contributed by atoms with Crippen molar-refractivity contribution in [3.8, 4) is 5.75 Å². The molecule has 5 heteroatoms. The van der Waals surface area contributed by atoms with Crippen LogP contribution in [0, 0.1) is 6.92 Å². The van der Waals surface area contributed by atoms with Crippen molar-refractivity contribution in [3.63, 3.8) is 0 Å². The second-order valence-electron chi connectivity index (χ2n) is 5.13. The van der Waals surface area contributed by atoms with Gasteiger partial charge in [-0.2, -0.15) is 0 Å². The van der Waals surface area contributed by atoms with Crippen LogP contribution in [0.25, 0.3) is 11.0 Å². The van der Waals surface area contributed by atoms with Crippen LogP contribution < -0.4 is 10.1 Å². The molecule has 0 radical (unpaired) electrons. The second-order valence-corrected chi connectivity index (χ2v) is 6.11. The summed E-state index contributed by atoms with van der Waals surface area (Å²) in [4.78, 5) is 13.6. The van der Waals surface area contributed by atoms with Gasteiger partial charge in [0.15, 0.2) is 5.76 Å². The molecular weight excluding hydrogens is 298 g/mol. The lowest BCUT2D eigenvalue weighted by Crippen LogP contribution is -2.26. The molecule has 1 amide bonds. The fourth-order valence-corrected chi connectivity index (χ4v) is 3.15. The zero-order chi connectivity index (χ0) is 15.7. The van der Waals surface area contributed by atoms with Crippen molar-refractivity contribution in [3.05, 3.63) is 51.9 Å². The van der Waals surface area contributed by atoms with E-state index in [1.165, 1.54) is 0 Å². The van der Waals surface area contributed by atoms with Gasteiger partial charge in [-0.25, -0.2) is 0 Å². The molecule has 0 bridgehead atoms. The Kier molecular flexibility index (Phi) is 3.90. The van der Waals surface area contributed by atoms with Crippen molar-refractivity contribution in [2.75, 3.05) is 7.11 Å². The smallest absolute Gasteiger partial charge is 0.287 e. The number of nitrogens with one attached hydrogen (secondary N) is 1. The molecule has 0 aliphatic rings. The lowest BCUT2D eigenvalue weighted by Gasteiger charge is -2.11. The maximum atomic E-state index is 12.5. The van der Waals surface area contributed by atoms with Crippen LogP contribution in [-0.4, -0.2) is 13.0 Å². The lowest BCUT2D eigenvalue weighted by atomic mass is 10.1. The first-order valence-electron chi connectivity index (χ1n) is 7.01. The fourth-order valence-electron chi connectivity index (χ4n) is 2.41. The average Bonchev–Trinajstić information content (AvgIpc) is 3.15. The topological polar surface area (TPSA) is 51.5 Å². The largest absolute Gasteiger partial charge is 0.497 e. The summed E-state index contributed by atoms with van der Waals surface area (Å²) in [5.41, 5.74) is 1.51. The summed E-state index contributed by atoms with van der Waals surface area (Å²) in [6.45, 7) is 3.85. The first kappa shape index (κ1) is 14.7. The molecule has 22 heavy (non-hydrogen) atoms. The molecule has 1 aromatic carbocycles. The zero-order valence-electron chi connectivity index (χ0n) is 12.7. The van der Waals surface area contributed by atoms with E-state index >= 15 is 0 Å². The lowest BCUT2D eigenvalue weighted by molar-refractivity contribution is 0.0914. The van der Waals surface area contributed by atoms with Crippen LogP contribution in [0.3, 0.4) is 0 Å². The van der Waals surface area contributed by atoms with Crippen molar-refractivity contribution < 1.29 is 13.9 Å². The SMILES string of the molecule is COc1ccc2oc(C(=O)N[C@H](C)c3cccs3)c(C)c2c1. The number of benzene rings is 1. The van der Waals surface area contributed by atoms with Gasteiger partial charge in [-0.3, -0.25) is 4.79 Å². The molecule has 1 atom stereocenters. The number of ether oxygens (including phenoxy) is 1. The zero-order valence-corrected chi connectivity index (χ0v) is 13.5. The minimum absolute atomic E-state index is 0.0466. The van der Waals surface area contributed by atoms with Crippen molar-refractivity contribution in [2.24, 2.45) is 0 Å². The number of methoxy groups -OCH3 is 1. The summed E-state index contributed by atoms with van der Waals surface area (Å²) in [5, 5.41) is 5.87. The van der Waals surface area contributed by atoms with Gasteiger partial charge in [0, 0.05) is 15.8 Å². The van der Waals surface area contributed by atoms with Gasteiger partial charge in [-0.1, -0.05) is 6.07 Å². The molecule has 3 rings (SSSR count). The molecule has 2 aromatic heterocycles. The van der Waals surface area contributed by atoms with Gasteiger partial charge in [0.25, 0.3) is 5.91 Å². The van der Waals surface area contributed by atoms with Crippen LogP contribution in [0.5, 0.6) is 5.75 Å². The highest BCUT2D eigenvalue weighted by Gasteiger charge is 2.20. The number of aryl methyl sites for hydroxylation is 1. The molecule has 0 spiro atoms. The van der Waals surface area contributed by atoms with Crippen LogP contribution in [-0.2, 0) is 0 Å². The number of thiophene rings is 1. The number of hydrogen-bond donors (Lipinski definition) is 1. The van der Waals surface area contributed by atoms with E-state index in [1.54, 1.807) is 18.4 Å². The highest BCUT2D eigenvalue weighted by Crippen LogP contribution is 2.29. The third kappa shape index (κ3) is 2.60. The highest BCUT2D eigenvalue weighted by atomic mass is 32.1. The van der Waals surface area contributed by atoms with Crippen molar-refractivity contribution in [1.29, 1.82) is 0 Å². The van der Waals surface area contributed by atoms with Gasteiger partial charge in [0.1, 0.15) is 11.3 Å². The molecular formula is C17H17NO3S. The number of rotatable bonds is 4. The number of amides is 1. The van der Waals surface area contributed by atoms with Crippen LogP contribution in [0.4, 0.5) is 0 Å². The molecule has 0 saturated heterocycles. The summed E-state index contributed by atoms with van der Waals surface area (Å²) in [6.07, 6.45) is 0. The molecule has 2 heterocycles. The molecule has 0 fully saturated rings. The van der Waals surface area contributed by atoms with Crippen molar-refractivity contribution in [2.45, 2.75) is 19.9 Å². The van der Waals surface area contributed by atoms with Gasteiger partial charge in [0.05, 0.1) is 13.2 Å². The van der Waals surface area contributed by atoms with E-state index in [-0.39, 0.29) is 11.9 Å². The van der Waals surface area contributed by atoms with Crippen LogP contribution in [0.15, 0.2) is 40.1 Å². The van der Waals surface area contributed by atoms with Crippen LogP contribution >= 0.6 is 11.3 Å².